The second kappa shape index (κ2) is 10.2. The number of aromatic amines is 1. The van der Waals surface area contributed by atoms with Crippen LogP contribution in [0.25, 0.3) is 27.7 Å². The number of piperidine rings is 1. The molecule has 1 saturated heterocycles. The molecule has 1 aromatic carbocycles. The average molecular weight is 481 g/mol. The van der Waals surface area contributed by atoms with Crippen LogP contribution in [0.15, 0.2) is 72.8 Å². The highest BCUT2D eigenvalue weighted by molar-refractivity contribution is 5.99. The van der Waals surface area contributed by atoms with Crippen LogP contribution in [-0.4, -0.2) is 40.2 Å². The van der Waals surface area contributed by atoms with Crippen molar-refractivity contribution >= 4 is 28.0 Å². The molecule has 0 aliphatic carbocycles. The van der Waals surface area contributed by atoms with E-state index >= 15 is 0 Å². The molecule has 3 heterocycles. The fourth-order valence-corrected chi connectivity index (χ4v) is 4.07. The van der Waals surface area contributed by atoms with Crippen molar-refractivity contribution < 1.29 is 13.2 Å². The van der Waals surface area contributed by atoms with Crippen molar-refractivity contribution in [1.29, 1.82) is 0 Å². The van der Waals surface area contributed by atoms with E-state index < -0.39 is 11.9 Å². The average Bonchev–Trinajstić information content (AvgIpc) is 3.28. The molecule has 1 fully saturated rings. The third-order valence-electron chi connectivity index (χ3n) is 5.86. The second-order valence-corrected chi connectivity index (χ2v) is 8.44. The first-order valence-corrected chi connectivity index (χ1v) is 11.4. The van der Waals surface area contributed by atoms with Gasteiger partial charge in [0.1, 0.15) is 11.4 Å². The first-order chi connectivity index (χ1) is 16.8. The number of halogens is 3. The number of aromatic nitrogens is 3. The van der Waals surface area contributed by atoms with Gasteiger partial charge in [0, 0.05) is 42.1 Å². The summed E-state index contributed by atoms with van der Waals surface area (Å²) < 4.78 is 38.5. The second-order valence-electron chi connectivity index (χ2n) is 8.44. The zero-order chi connectivity index (χ0) is 25.0. The number of nitrogens with one attached hydrogen (secondary N) is 2. The van der Waals surface area contributed by atoms with Crippen LogP contribution in [0, 0.1) is 0 Å². The van der Waals surface area contributed by atoms with Crippen molar-refractivity contribution in [2.45, 2.75) is 32.4 Å². The highest BCUT2D eigenvalue weighted by Crippen LogP contribution is 2.30. The lowest BCUT2D eigenvalue weighted by atomic mass is 10.0. The van der Waals surface area contributed by atoms with Crippen molar-refractivity contribution in [3.05, 3.63) is 73.5 Å². The fourth-order valence-electron chi connectivity index (χ4n) is 4.07. The number of alkyl halides is 3. The predicted molar refractivity (Wildman–Crippen MR) is 135 cm³/mol. The van der Waals surface area contributed by atoms with Gasteiger partial charge < -0.3 is 10.2 Å². The summed E-state index contributed by atoms with van der Waals surface area (Å²) >= 11 is 0. The van der Waals surface area contributed by atoms with E-state index in [4.69, 9.17) is 0 Å². The lowest BCUT2D eigenvalue weighted by Crippen LogP contribution is -2.29. The van der Waals surface area contributed by atoms with Crippen molar-refractivity contribution in [2.24, 2.45) is 4.99 Å². The molecule has 4 rings (SSSR count). The topological polar surface area (TPSA) is 69.2 Å². The molecular weight excluding hydrogens is 453 g/mol. The smallest absolute Gasteiger partial charge is 0.370 e. The van der Waals surface area contributed by atoms with E-state index in [-0.39, 0.29) is 0 Å². The molecule has 0 radical (unpaired) electrons. The van der Waals surface area contributed by atoms with Gasteiger partial charge in [-0.15, -0.1) is 0 Å². The largest absolute Gasteiger partial charge is 0.433 e. The standard InChI is InChI=1S/C26H27F3N6/c1-4-24(26(27,28)29)31-14-17(2)32-18(3)25-22-13-19(8-9-23(22)33-34-25)20-12-21(16-30-15-20)35-10-6-5-7-11-35/h4,8-9,12-16,32H,1,3,5-7,10-11H2,2H3,(H,33,34)/b17-14+,31-24?. The van der Waals surface area contributed by atoms with Crippen LogP contribution in [0.1, 0.15) is 31.9 Å². The predicted octanol–water partition coefficient (Wildman–Crippen LogP) is 6.23. The molecule has 3 aromatic rings. The Morgan fingerprint density at radius 2 is 1.91 bits per heavy atom. The van der Waals surface area contributed by atoms with E-state index in [1.54, 1.807) is 6.92 Å². The molecule has 0 amide bonds. The summed E-state index contributed by atoms with van der Waals surface area (Å²) in [7, 11) is 0. The summed E-state index contributed by atoms with van der Waals surface area (Å²) in [5.41, 5.74) is 4.22. The Kier molecular flexibility index (Phi) is 7.04. The number of pyridine rings is 1. The van der Waals surface area contributed by atoms with Gasteiger partial charge in [-0.1, -0.05) is 19.2 Å². The van der Waals surface area contributed by atoms with Crippen molar-refractivity contribution in [1.82, 2.24) is 20.5 Å². The van der Waals surface area contributed by atoms with Crippen molar-refractivity contribution in [3.63, 3.8) is 0 Å². The fraction of sp³-hybridized carbons (Fsp3) is 0.269. The molecular formula is C26H27F3N6. The zero-order valence-electron chi connectivity index (χ0n) is 19.5. The quantitative estimate of drug-likeness (QED) is 0.394. The number of anilines is 1. The summed E-state index contributed by atoms with van der Waals surface area (Å²) in [5.74, 6) is 0. The number of rotatable bonds is 7. The van der Waals surface area contributed by atoms with Gasteiger partial charge in [0.25, 0.3) is 0 Å². The van der Waals surface area contributed by atoms with E-state index in [0.29, 0.717) is 23.2 Å². The molecule has 0 bridgehead atoms. The Balaban J connectivity index is 1.58. The molecule has 0 atom stereocenters. The van der Waals surface area contributed by atoms with E-state index in [9.17, 15) is 13.2 Å². The van der Waals surface area contributed by atoms with Crippen LogP contribution in [-0.2, 0) is 0 Å². The number of hydrogen-bond acceptors (Lipinski definition) is 5. The Morgan fingerprint density at radius 3 is 2.63 bits per heavy atom. The summed E-state index contributed by atoms with van der Waals surface area (Å²) in [5, 5.41) is 11.1. The molecule has 0 saturated carbocycles. The number of aliphatic imine (C=N–C) groups is 1. The number of allylic oxidation sites excluding steroid dienone is 2. The monoisotopic (exact) mass is 480 g/mol. The molecule has 2 aromatic heterocycles. The van der Waals surface area contributed by atoms with Gasteiger partial charge in [-0.3, -0.25) is 10.1 Å². The van der Waals surface area contributed by atoms with E-state index in [1.807, 2.05) is 30.6 Å². The highest BCUT2D eigenvalue weighted by atomic mass is 19.4. The van der Waals surface area contributed by atoms with Gasteiger partial charge in [-0.25, -0.2) is 4.99 Å². The van der Waals surface area contributed by atoms with Gasteiger partial charge in [0.05, 0.1) is 23.1 Å². The van der Waals surface area contributed by atoms with E-state index in [0.717, 1.165) is 47.0 Å². The molecule has 0 unspecified atom stereocenters. The minimum absolute atomic E-state index is 0.379. The molecule has 1 aliphatic rings. The first-order valence-electron chi connectivity index (χ1n) is 11.4. The molecule has 6 nitrogen and oxygen atoms in total. The van der Waals surface area contributed by atoms with Crippen LogP contribution in [0.2, 0.25) is 0 Å². The molecule has 1 aliphatic heterocycles. The minimum atomic E-state index is -4.56. The maximum Gasteiger partial charge on any atom is 0.433 e. The SMILES string of the molecule is C=CC(=N/C=C(\C)NC(=C)c1n[nH]c2ccc(-c3cncc(N4CCCCC4)c3)cc12)C(F)(F)F. The van der Waals surface area contributed by atoms with Gasteiger partial charge in [0.2, 0.25) is 0 Å². The summed E-state index contributed by atoms with van der Waals surface area (Å²) in [4.78, 5) is 10.3. The number of hydrogen-bond donors (Lipinski definition) is 2. The Morgan fingerprint density at radius 1 is 1.14 bits per heavy atom. The Hall–Kier alpha value is -3.88. The molecule has 182 valence electrons. The van der Waals surface area contributed by atoms with Crippen LogP contribution in [0.5, 0.6) is 0 Å². The molecule has 2 N–H and O–H groups in total. The number of H-pyrrole nitrogens is 1. The van der Waals surface area contributed by atoms with Gasteiger partial charge in [0.15, 0.2) is 0 Å². The number of benzene rings is 1. The lowest BCUT2D eigenvalue weighted by molar-refractivity contribution is -0.0576. The summed E-state index contributed by atoms with van der Waals surface area (Å²) in [6.07, 6.45) is 4.58. The maximum atomic E-state index is 12.8. The van der Waals surface area contributed by atoms with Gasteiger partial charge in [-0.05, 0) is 56.0 Å². The van der Waals surface area contributed by atoms with E-state index in [1.165, 1.54) is 19.3 Å². The summed E-state index contributed by atoms with van der Waals surface area (Å²) in [6.45, 7) is 10.9. The molecule has 35 heavy (non-hydrogen) atoms. The van der Waals surface area contributed by atoms with Crippen molar-refractivity contribution in [2.75, 3.05) is 18.0 Å². The van der Waals surface area contributed by atoms with Crippen LogP contribution in [0.3, 0.4) is 0 Å². The third-order valence-corrected chi connectivity index (χ3v) is 5.86. The van der Waals surface area contributed by atoms with Crippen LogP contribution < -0.4 is 10.2 Å². The third kappa shape index (κ3) is 5.62. The van der Waals surface area contributed by atoms with Crippen molar-refractivity contribution in [3.8, 4) is 11.1 Å². The van der Waals surface area contributed by atoms with Gasteiger partial charge in [-0.2, -0.15) is 18.3 Å². The number of nitrogens with zero attached hydrogens (tertiary/aromatic N) is 4. The van der Waals surface area contributed by atoms with E-state index in [2.05, 4.69) is 49.6 Å². The van der Waals surface area contributed by atoms with Crippen LogP contribution >= 0.6 is 0 Å². The zero-order valence-corrected chi connectivity index (χ0v) is 19.5. The van der Waals surface area contributed by atoms with Gasteiger partial charge >= 0.3 is 6.18 Å². The number of fused-ring (bicyclic) bond motifs is 1. The lowest BCUT2D eigenvalue weighted by Gasteiger charge is -2.28. The van der Waals surface area contributed by atoms with Crippen LogP contribution in [0.4, 0.5) is 18.9 Å². The highest BCUT2D eigenvalue weighted by Gasteiger charge is 2.33. The minimum Gasteiger partial charge on any atom is -0.370 e. The Labute approximate surface area is 202 Å². The Bertz CT molecular complexity index is 1300. The summed E-state index contributed by atoms with van der Waals surface area (Å²) in [6, 6.07) is 8.10. The maximum absolute atomic E-state index is 12.8. The molecule has 0 spiro atoms. The first kappa shape index (κ1) is 24.3. The normalized spacial score (nSPS) is 15.4. The molecule has 9 heteroatoms.